The van der Waals surface area contributed by atoms with Crippen molar-refractivity contribution in [3.05, 3.63) is 83.9 Å². The van der Waals surface area contributed by atoms with Crippen LogP contribution in [-0.4, -0.2) is 22.1 Å². The van der Waals surface area contributed by atoms with Crippen LogP contribution in [0.3, 0.4) is 0 Å². The zero-order chi connectivity index (χ0) is 21.6. The maximum Gasteiger partial charge on any atom is 0.233 e. The van der Waals surface area contributed by atoms with E-state index in [2.05, 4.69) is 63.7 Å². The van der Waals surface area contributed by atoms with Gasteiger partial charge in [0.25, 0.3) is 0 Å². The molecule has 31 heavy (non-hydrogen) atoms. The van der Waals surface area contributed by atoms with Gasteiger partial charge in [-0.05, 0) is 74.1 Å². The van der Waals surface area contributed by atoms with Crippen molar-refractivity contribution in [1.29, 1.82) is 0 Å². The van der Waals surface area contributed by atoms with E-state index in [1.807, 2.05) is 48.5 Å². The number of aromatic nitrogens is 3. The number of hydrogen-bond acceptors (Lipinski definition) is 7. The van der Waals surface area contributed by atoms with Crippen molar-refractivity contribution >= 4 is 35.0 Å². The molecule has 0 fully saturated rings. The summed E-state index contributed by atoms with van der Waals surface area (Å²) in [7, 11) is 1.64. The lowest BCUT2D eigenvalue weighted by atomic mass is 10.2. The molecular formula is C24H23N5OS. The smallest absolute Gasteiger partial charge is 0.233 e. The molecule has 0 unspecified atom stereocenters. The summed E-state index contributed by atoms with van der Waals surface area (Å²) in [5.41, 5.74) is 4.18. The van der Waals surface area contributed by atoms with Crippen LogP contribution >= 0.6 is 11.8 Å². The summed E-state index contributed by atoms with van der Waals surface area (Å²) in [5, 5.41) is 7.13. The van der Waals surface area contributed by atoms with E-state index in [-0.39, 0.29) is 0 Å². The maximum atomic E-state index is 5.22. The van der Waals surface area contributed by atoms with Crippen LogP contribution in [0.4, 0.5) is 23.3 Å². The SMILES string of the molecule is COc1ccc(Nc2nc(Nc3ccc(C)cc3)nc(Sc3ccc(C)cc3)n2)cc1. The summed E-state index contributed by atoms with van der Waals surface area (Å²) in [6.45, 7) is 4.12. The first-order chi connectivity index (χ1) is 15.1. The fourth-order valence-corrected chi connectivity index (χ4v) is 3.54. The summed E-state index contributed by atoms with van der Waals surface area (Å²) >= 11 is 1.49. The largest absolute Gasteiger partial charge is 0.497 e. The summed E-state index contributed by atoms with van der Waals surface area (Å²) in [5.74, 6) is 1.73. The Morgan fingerprint density at radius 1 is 0.645 bits per heavy atom. The minimum Gasteiger partial charge on any atom is -0.497 e. The Kier molecular flexibility index (Phi) is 6.33. The van der Waals surface area contributed by atoms with Crippen LogP contribution in [0.5, 0.6) is 5.75 Å². The second-order valence-electron chi connectivity index (χ2n) is 7.02. The predicted octanol–water partition coefficient (Wildman–Crippen LogP) is 6.14. The Hall–Kier alpha value is -3.58. The Morgan fingerprint density at radius 2 is 1.13 bits per heavy atom. The highest BCUT2D eigenvalue weighted by Gasteiger charge is 2.10. The Bertz CT molecular complexity index is 1080. The third-order valence-electron chi connectivity index (χ3n) is 4.50. The molecular weight excluding hydrogens is 406 g/mol. The van der Waals surface area contributed by atoms with Crippen molar-refractivity contribution in [3.63, 3.8) is 0 Å². The highest BCUT2D eigenvalue weighted by molar-refractivity contribution is 7.99. The molecule has 7 heteroatoms. The van der Waals surface area contributed by atoms with Crippen LogP contribution < -0.4 is 15.4 Å². The molecule has 156 valence electrons. The fraction of sp³-hybridized carbons (Fsp3) is 0.125. The molecule has 0 aliphatic rings. The number of rotatable bonds is 7. The fourth-order valence-electron chi connectivity index (χ4n) is 2.80. The number of methoxy groups -OCH3 is 1. The molecule has 0 aliphatic carbocycles. The van der Waals surface area contributed by atoms with Gasteiger partial charge in [-0.25, -0.2) is 0 Å². The van der Waals surface area contributed by atoms with Crippen molar-refractivity contribution in [2.45, 2.75) is 23.9 Å². The molecule has 0 atom stereocenters. The minimum atomic E-state index is 0.462. The average Bonchev–Trinajstić information content (AvgIpc) is 2.77. The molecule has 0 amide bonds. The Balaban J connectivity index is 1.62. The van der Waals surface area contributed by atoms with Crippen LogP contribution in [0.2, 0.25) is 0 Å². The zero-order valence-corrected chi connectivity index (χ0v) is 18.4. The zero-order valence-electron chi connectivity index (χ0n) is 17.6. The molecule has 0 saturated carbocycles. The van der Waals surface area contributed by atoms with Gasteiger partial charge >= 0.3 is 0 Å². The second kappa shape index (κ2) is 9.49. The molecule has 4 aromatic rings. The average molecular weight is 430 g/mol. The summed E-state index contributed by atoms with van der Waals surface area (Å²) < 4.78 is 5.22. The van der Waals surface area contributed by atoms with E-state index >= 15 is 0 Å². The first-order valence-electron chi connectivity index (χ1n) is 9.83. The normalized spacial score (nSPS) is 10.5. The molecule has 1 aromatic heterocycles. The lowest BCUT2D eigenvalue weighted by molar-refractivity contribution is 0.415. The monoisotopic (exact) mass is 429 g/mol. The van der Waals surface area contributed by atoms with E-state index in [9.17, 15) is 0 Å². The first-order valence-corrected chi connectivity index (χ1v) is 10.6. The number of anilines is 4. The number of benzene rings is 3. The lowest BCUT2D eigenvalue weighted by Gasteiger charge is -2.11. The Labute approximate surface area is 186 Å². The van der Waals surface area contributed by atoms with Crippen LogP contribution in [-0.2, 0) is 0 Å². The van der Waals surface area contributed by atoms with E-state index < -0.39 is 0 Å². The Morgan fingerprint density at radius 3 is 1.65 bits per heavy atom. The third kappa shape index (κ3) is 5.73. The molecule has 1 heterocycles. The molecule has 2 N–H and O–H groups in total. The third-order valence-corrected chi connectivity index (χ3v) is 5.37. The molecule has 0 radical (unpaired) electrons. The van der Waals surface area contributed by atoms with Crippen molar-refractivity contribution in [1.82, 2.24) is 15.0 Å². The predicted molar refractivity (Wildman–Crippen MR) is 126 cm³/mol. The molecule has 0 bridgehead atoms. The van der Waals surface area contributed by atoms with Crippen molar-refractivity contribution < 1.29 is 4.74 Å². The summed E-state index contributed by atoms with van der Waals surface area (Å²) in [6.07, 6.45) is 0. The maximum absolute atomic E-state index is 5.22. The highest BCUT2D eigenvalue weighted by atomic mass is 32.2. The number of nitrogens with zero attached hydrogens (tertiary/aromatic N) is 3. The lowest BCUT2D eigenvalue weighted by Crippen LogP contribution is -2.05. The molecule has 4 rings (SSSR count). The van der Waals surface area contributed by atoms with Gasteiger partial charge in [-0.1, -0.05) is 35.4 Å². The summed E-state index contributed by atoms with van der Waals surface area (Å²) in [6, 6.07) is 24.0. The first kappa shape index (κ1) is 20.7. The number of nitrogens with one attached hydrogen (secondary N) is 2. The van der Waals surface area contributed by atoms with E-state index in [4.69, 9.17) is 4.74 Å². The molecule has 0 aliphatic heterocycles. The standard InChI is InChI=1S/C24H23N5OS/c1-16-4-8-18(9-5-16)25-22-27-23(26-19-10-12-20(30-3)13-11-19)29-24(28-22)31-21-14-6-17(2)7-15-21/h4-15H,1-3H3,(H2,25,26,27,28,29). The van der Waals surface area contributed by atoms with Gasteiger partial charge in [0.1, 0.15) is 5.75 Å². The quantitative estimate of drug-likeness (QED) is 0.366. The second-order valence-corrected chi connectivity index (χ2v) is 8.07. The van der Waals surface area contributed by atoms with Crippen LogP contribution in [0.1, 0.15) is 11.1 Å². The molecule has 3 aromatic carbocycles. The molecule has 0 saturated heterocycles. The van der Waals surface area contributed by atoms with Gasteiger partial charge in [0.2, 0.25) is 11.9 Å². The van der Waals surface area contributed by atoms with Gasteiger partial charge in [0.05, 0.1) is 7.11 Å². The van der Waals surface area contributed by atoms with Crippen LogP contribution in [0.25, 0.3) is 0 Å². The van der Waals surface area contributed by atoms with Gasteiger partial charge in [0, 0.05) is 16.3 Å². The molecule has 6 nitrogen and oxygen atoms in total. The highest BCUT2D eigenvalue weighted by Crippen LogP contribution is 2.28. The van der Waals surface area contributed by atoms with Gasteiger partial charge in [0.15, 0.2) is 5.16 Å². The van der Waals surface area contributed by atoms with Gasteiger partial charge < -0.3 is 15.4 Å². The number of aryl methyl sites for hydroxylation is 2. The minimum absolute atomic E-state index is 0.462. The number of ether oxygens (including phenoxy) is 1. The number of hydrogen-bond donors (Lipinski definition) is 2. The van der Waals surface area contributed by atoms with Crippen molar-refractivity contribution in [2.75, 3.05) is 17.7 Å². The topological polar surface area (TPSA) is 72.0 Å². The van der Waals surface area contributed by atoms with Gasteiger partial charge in [-0.3, -0.25) is 0 Å². The van der Waals surface area contributed by atoms with Crippen LogP contribution in [0.15, 0.2) is 82.8 Å². The van der Waals surface area contributed by atoms with E-state index in [1.165, 1.54) is 22.9 Å². The van der Waals surface area contributed by atoms with E-state index in [0.29, 0.717) is 17.1 Å². The van der Waals surface area contributed by atoms with Gasteiger partial charge in [-0.2, -0.15) is 15.0 Å². The van der Waals surface area contributed by atoms with E-state index in [1.54, 1.807) is 7.11 Å². The van der Waals surface area contributed by atoms with Crippen molar-refractivity contribution in [2.24, 2.45) is 0 Å². The molecule has 0 spiro atoms. The van der Waals surface area contributed by atoms with Crippen molar-refractivity contribution in [3.8, 4) is 5.75 Å². The van der Waals surface area contributed by atoms with Crippen LogP contribution in [0, 0.1) is 13.8 Å². The van der Waals surface area contributed by atoms with Gasteiger partial charge in [-0.15, -0.1) is 0 Å². The summed E-state index contributed by atoms with van der Waals surface area (Å²) in [4.78, 5) is 14.8. The van der Waals surface area contributed by atoms with E-state index in [0.717, 1.165) is 22.0 Å².